The Morgan fingerprint density at radius 2 is 1.89 bits per heavy atom. The number of unbranched alkanes of at least 4 members (excludes halogenated alkanes) is 2. The van der Waals surface area contributed by atoms with Crippen LogP contribution in [0, 0.1) is 0 Å². The van der Waals surface area contributed by atoms with Gasteiger partial charge in [0.25, 0.3) is 0 Å². The van der Waals surface area contributed by atoms with E-state index >= 15 is 8.63 Å². The second-order valence-corrected chi connectivity index (χ2v) is 9.42. The SMILES string of the molecule is CC1=CC(C)=[N+]2C1=Cc1ccc(CCC(=O)NCCCCCC(=O)N[C@@H]3C(=O)O[C@@H]3C)n1[B-]2(F)F. The van der Waals surface area contributed by atoms with E-state index in [0.717, 1.165) is 21.0 Å². The summed E-state index contributed by atoms with van der Waals surface area (Å²) in [7, 11) is 0. The minimum Gasteiger partial charge on any atom is -0.458 e. The van der Waals surface area contributed by atoms with E-state index in [0.29, 0.717) is 48.6 Å². The van der Waals surface area contributed by atoms with Crippen LogP contribution < -0.4 is 10.6 Å². The van der Waals surface area contributed by atoms with Crippen molar-refractivity contribution < 1.29 is 32.2 Å². The third-order valence-electron chi connectivity index (χ3n) is 6.76. The highest BCUT2D eigenvalue weighted by atomic mass is 19.2. The predicted molar refractivity (Wildman–Crippen MR) is 128 cm³/mol. The minimum absolute atomic E-state index is 0.115. The van der Waals surface area contributed by atoms with Crippen molar-refractivity contribution in [2.24, 2.45) is 0 Å². The molecule has 0 aromatic carbocycles. The highest BCUT2D eigenvalue weighted by Gasteiger charge is 2.52. The standard InChI is InChI=1S/C24H31BF2N4O4/c1-15-13-16(2)30-20(15)14-19-9-8-18(31(19)25(30,26)27)10-11-21(32)28-12-6-4-5-7-22(33)29-23-17(3)35-24(23)34/h8-9,13-14,17,23H,4-7,10-12H2,1-3H3,(H,28,32)(H,29,33)/t17-,23+/m1/s1. The van der Waals surface area contributed by atoms with E-state index in [1.807, 2.05) is 6.92 Å². The van der Waals surface area contributed by atoms with Gasteiger partial charge in [0.05, 0.1) is 0 Å². The Kier molecular flexibility index (Phi) is 6.96. The Bertz CT molecular complexity index is 1150. The van der Waals surface area contributed by atoms with Crippen molar-refractivity contribution in [2.75, 3.05) is 6.54 Å². The van der Waals surface area contributed by atoms with Crippen LogP contribution in [0.4, 0.5) is 8.63 Å². The average molecular weight is 488 g/mol. The van der Waals surface area contributed by atoms with Gasteiger partial charge in [-0.05, 0) is 50.9 Å². The monoisotopic (exact) mass is 488 g/mol. The lowest BCUT2D eigenvalue weighted by atomic mass is 9.89. The van der Waals surface area contributed by atoms with E-state index in [9.17, 15) is 14.4 Å². The van der Waals surface area contributed by atoms with E-state index in [2.05, 4.69) is 10.6 Å². The second kappa shape index (κ2) is 9.79. The molecule has 0 radical (unpaired) electrons. The maximum Gasteiger partial charge on any atom is 0.737 e. The van der Waals surface area contributed by atoms with Crippen LogP contribution in [0.25, 0.3) is 6.08 Å². The van der Waals surface area contributed by atoms with Crippen LogP contribution in [-0.4, -0.2) is 58.1 Å². The molecule has 3 aliphatic rings. The molecule has 188 valence electrons. The van der Waals surface area contributed by atoms with Crippen molar-refractivity contribution in [3.8, 4) is 0 Å². The van der Waals surface area contributed by atoms with Crippen LogP contribution in [0.5, 0.6) is 0 Å². The van der Waals surface area contributed by atoms with Crippen molar-refractivity contribution in [3.63, 3.8) is 0 Å². The zero-order valence-corrected chi connectivity index (χ0v) is 20.3. The largest absolute Gasteiger partial charge is 0.737 e. The zero-order valence-electron chi connectivity index (χ0n) is 20.3. The van der Waals surface area contributed by atoms with Gasteiger partial charge in [-0.1, -0.05) is 6.42 Å². The van der Waals surface area contributed by atoms with Crippen molar-refractivity contribution in [1.82, 2.24) is 15.1 Å². The number of rotatable bonds is 10. The highest BCUT2D eigenvalue weighted by molar-refractivity contribution is 6.58. The van der Waals surface area contributed by atoms with E-state index in [4.69, 9.17) is 4.74 Å². The fourth-order valence-electron chi connectivity index (χ4n) is 4.91. The summed E-state index contributed by atoms with van der Waals surface area (Å²) in [5.74, 6) is -0.789. The van der Waals surface area contributed by atoms with Gasteiger partial charge in [-0.15, -0.1) is 0 Å². The Hall–Kier alpha value is -3.24. The zero-order chi connectivity index (χ0) is 25.3. The van der Waals surface area contributed by atoms with Gasteiger partial charge in [-0.2, -0.15) is 0 Å². The van der Waals surface area contributed by atoms with Crippen molar-refractivity contribution in [1.29, 1.82) is 0 Å². The van der Waals surface area contributed by atoms with E-state index < -0.39 is 19.0 Å². The van der Waals surface area contributed by atoms with Gasteiger partial charge in [0.2, 0.25) is 11.8 Å². The molecule has 0 saturated carbocycles. The smallest absolute Gasteiger partial charge is 0.458 e. The number of aryl methyl sites for hydroxylation is 1. The summed E-state index contributed by atoms with van der Waals surface area (Å²) in [4.78, 5) is 35.4. The number of hydrogen-bond donors (Lipinski definition) is 2. The van der Waals surface area contributed by atoms with Gasteiger partial charge in [0.15, 0.2) is 11.7 Å². The molecule has 0 aliphatic carbocycles. The molecule has 4 rings (SSSR count). The molecule has 2 atom stereocenters. The van der Waals surface area contributed by atoms with Crippen LogP contribution >= 0.6 is 0 Å². The lowest BCUT2D eigenvalue weighted by Gasteiger charge is -2.32. The van der Waals surface area contributed by atoms with Crippen LogP contribution in [0.1, 0.15) is 64.3 Å². The van der Waals surface area contributed by atoms with Crippen LogP contribution in [0.3, 0.4) is 0 Å². The van der Waals surface area contributed by atoms with Crippen LogP contribution in [-0.2, 0) is 25.5 Å². The quantitative estimate of drug-likeness (QED) is 0.301. The number of fused-ring (bicyclic) bond motifs is 2. The fraction of sp³-hybridized carbons (Fsp3) is 0.500. The van der Waals surface area contributed by atoms with Crippen LogP contribution in [0.15, 0.2) is 29.5 Å². The Morgan fingerprint density at radius 3 is 2.60 bits per heavy atom. The topological polar surface area (TPSA) is 92.4 Å². The molecular weight excluding hydrogens is 457 g/mol. The molecular formula is C24H31BF2N4O4. The number of amides is 2. The maximum absolute atomic E-state index is 15.4. The molecule has 0 unspecified atom stereocenters. The fourth-order valence-corrected chi connectivity index (χ4v) is 4.91. The first-order valence-electron chi connectivity index (χ1n) is 12.1. The van der Waals surface area contributed by atoms with Gasteiger partial charge < -0.3 is 33.0 Å². The number of aromatic nitrogens is 1. The maximum atomic E-state index is 15.4. The second-order valence-electron chi connectivity index (χ2n) is 9.42. The van der Waals surface area contributed by atoms with E-state index in [1.54, 1.807) is 38.1 Å². The molecule has 1 aromatic rings. The number of allylic oxidation sites excluding steroid dienone is 2. The Labute approximate surface area is 203 Å². The number of cyclic esters (lactones) is 1. The number of esters is 1. The van der Waals surface area contributed by atoms with Crippen LogP contribution in [0.2, 0.25) is 0 Å². The predicted octanol–water partition coefficient (Wildman–Crippen LogP) is 2.54. The lowest BCUT2D eigenvalue weighted by molar-refractivity contribution is -0.362. The Morgan fingerprint density at radius 1 is 1.11 bits per heavy atom. The van der Waals surface area contributed by atoms with E-state index in [-0.39, 0.29) is 30.8 Å². The molecule has 0 spiro atoms. The first-order chi connectivity index (χ1) is 16.6. The summed E-state index contributed by atoms with van der Waals surface area (Å²) in [5, 5.41) is 5.47. The third-order valence-corrected chi connectivity index (χ3v) is 6.76. The third kappa shape index (κ3) is 4.94. The summed E-state index contributed by atoms with van der Waals surface area (Å²) in [6, 6.07) is 2.80. The summed E-state index contributed by atoms with van der Waals surface area (Å²) in [6.45, 7) is 1.67. The summed E-state index contributed by atoms with van der Waals surface area (Å²) >= 11 is 0. The summed E-state index contributed by atoms with van der Waals surface area (Å²) < 4.78 is 37.8. The molecule has 4 heterocycles. The van der Waals surface area contributed by atoms with Crippen molar-refractivity contribution in [3.05, 3.63) is 40.9 Å². The van der Waals surface area contributed by atoms with Gasteiger partial charge >= 0.3 is 12.9 Å². The van der Waals surface area contributed by atoms with Gasteiger partial charge in [0.1, 0.15) is 11.8 Å². The molecule has 0 bridgehead atoms. The number of carbonyl (C=O) groups is 3. The number of nitrogens with one attached hydrogen (secondary N) is 2. The van der Waals surface area contributed by atoms with Gasteiger partial charge in [-0.25, -0.2) is 4.79 Å². The minimum atomic E-state index is -4.02. The molecule has 1 saturated heterocycles. The molecule has 8 nitrogen and oxygen atoms in total. The molecule has 1 fully saturated rings. The molecule has 35 heavy (non-hydrogen) atoms. The number of carbonyl (C=O) groups excluding carboxylic acids is 3. The normalized spacial score (nSPS) is 21.9. The van der Waals surface area contributed by atoms with Crippen molar-refractivity contribution in [2.45, 2.75) is 71.4 Å². The number of halogens is 2. The lowest BCUT2D eigenvalue weighted by Crippen LogP contribution is -2.58. The first-order valence-corrected chi connectivity index (χ1v) is 12.1. The molecule has 1 aromatic heterocycles. The molecule has 2 amide bonds. The van der Waals surface area contributed by atoms with Gasteiger partial charge in [0, 0.05) is 49.7 Å². The van der Waals surface area contributed by atoms with Gasteiger partial charge in [-0.3, -0.25) is 9.59 Å². The average Bonchev–Trinajstić information content (AvgIpc) is 3.34. The first kappa shape index (κ1) is 24.9. The molecule has 2 N–H and O–H groups in total. The number of nitrogens with zero attached hydrogens (tertiary/aromatic N) is 2. The highest BCUT2D eigenvalue weighted by Crippen LogP contribution is 2.35. The van der Waals surface area contributed by atoms with Crippen molar-refractivity contribution >= 4 is 36.5 Å². The van der Waals surface area contributed by atoms with E-state index in [1.165, 1.54) is 0 Å². The summed E-state index contributed by atoms with van der Waals surface area (Å²) in [6.07, 6.45) is 5.96. The molecule has 3 aliphatic heterocycles. The summed E-state index contributed by atoms with van der Waals surface area (Å²) in [5.41, 5.74) is 2.74. The molecule has 11 heteroatoms. The Balaban J connectivity index is 1.18. The number of hydrogen-bond acceptors (Lipinski definition) is 4. The number of ether oxygens (including phenoxy) is 1.